The molecule has 1 N–H and O–H groups in total. The first kappa shape index (κ1) is 14.3. The third-order valence-corrected chi connectivity index (χ3v) is 3.78. The summed E-state index contributed by atoms with van der Waals surface area (Å²) in [6.07, 6.45) is 6.27. The molecule has 0 radical (unpaired) electrons. The molecule has 2 nitrogen and oxygen atoms in total. The average molecular weight is 259 g/mol. The van der Waals surface area contributed by atoms with E-state index in [1.165, 1.54) is 11.1 Å². The van der Waals surface area contributed by atoms with Crippen molar-refractivity contribution in [3.63, 3.8) is 0 Å². The summed E-state index contributed by atoms with van der Waals surface area (Å²) in [6, 6.07) is 10.6. The standard InChI is InChI=1S/C17H25NO/c1-2-7-16(15-8-4-3-5-9-15)14-18-12-6-10-17(19)11-13-18/h3-5,7-9,17,19H,2,6,10-14H2,1H3/b16-7-. The molecule has 2 rings (SSSR count). The van der Waals surface area contributed by atoms with Gasteiger partial charge >= 0.3 is 0 Å². The Labute approximate surface area is 116 Å². The van der Waals surface area contributed by atoms with Gasteiger partial charge in [-0.1, -0.05) is 43.3 Å². The Morgan fingerprint density at radius 1 is 1.26 bits per heavy atom. The lowest BCUT2D eigenvalue weighted by molar-refractivity contribution is 0.156. The van der Waals surface area contributed by atoms with Crippen LogP contribution in [0.1, 0.15) is 38.2 Å². The van der Waals surface area contributed by atoms with Crippen molar-refractivity contribution >= 4 is 5.57 Å². The molecular formula is C17H25NO. The van der Waals surface area contributed by atoms with Crippen molar-refractivity contribution in [3.05, 3.63) is 42.0 Å². The fraction of sp³-hybridized carbons (Fsp3) is 0.529. The zero-order valence-electron chi connectivity index (χ0n) is 11.9. The molecule has 1 unspecified atom stereocenters. The molecule has 0 spiro atoms. The van der Waals surface area contributed by atoms with Crippen molar-refractivity contribution in [1.29, 1.82) is 0 Å². The third kappa shape index (κ3) is 4.48. The van der Waals surface area contributed by atoms with Crippen LogP contribution in [0.25, 0.3) is 5.57 Å². The highest BCUT2D eigenvalue weighted by Crippen LogP contribution is 2.19. The Morgan fingerprint density at radius 2 is 2.05 bits per heavy atom. The lowest BCUT2D eigenvalue weighted by Crippen LogP contribution is -2.27. The van der Waals surface area contributed by atoms with Crippen LogP contribution in [0.15, 0.2) is 36.4 Å². The first-order valence-electron chi connectivity index (χ1n) is 7.44. The molecular weight excluding hydrogens is 234 g/mol. The van der Waals surface area contributed by atoms with Gasteiger partial charge in [-0.2, -0.15) is 0 Å². The Hall–Kier alpha value is -1.12. The predicted molar refractivity (Wildman–Crippen MR) is 81.0 cm³/mol. The summed E-state index contributed by atoms with van der Waals surface area (Å²) in [7, 11) is 0. The van der Waals surface area contributed by atoms with E-state index in [2.05, 4.69) is 48.2 Å². The van der Waals surface area contributed by atoms with Gasteiger partial charge in [-0.15, -0.1) is 0 Å². The normalized spacial score (nSPS) is 22.2. The second kappa shape index (κ2) is 7.46. The summed E-state index contributed by atoms with van der Waals surface area (Å²) in [5.41, 5.74) is 2.74. The summed E-state index contributed by atoms with van der Waals surface area (Å²) >= 11 is 0. The number of aliphatic hydroxyl groups excluding tert-OH is 1. The van der Waals surface area contributed by atoms with Gasteiger partial charge in [0.15, 0.2) is 0 Å². The Bertz CT molecular complexity index is 399. The van der Waals surface area contributed by atoms with E-state index < -0.39 is 0 Å². The molecule has 0 bridgehead atoms. The molecule has 1 heterocycles. The molecule has 1 fully saturated rings. The van der Waals surface area contributed by atoms with E-state index in [9.17, 15) is 5.11 Å². The van der Waals surface area contributed by atoms with Crippen LogP contribution < -0.4 is 0 Å². The van der Waals surface area contributed by atoms with Crippen molar-refractivity contribution in [2.45, 2.75) is 38.7 Å². The average Bonchev–Trinajstić information content (AvgIpc) is 2.64. The topological polar surface area (TPSA) is 23.5 Å². The maximum atomic E-state index is 9.72. The highest BCUT2D eigenvalue weighted by molar-refractivity contribution is 5.66. The van der Waals surface area contributed by atoms with E-state index in [1.807, 2.05) is 0 Å². The van der Waals surface area contributed by atoms with E-state index in [0.29, 0.717) is 0 Å². The van der Waals surface area contributed by atoms with Crippen molar-refractivity contribution in [2.75, 3.05) is 19.6 Å². The summed E-state index contributed by atoms with van der Waals surface area (Å²) < 4.78 is 0. The lowest BCUT2D eigenvalue weighted by Gasteiger charge is -2.22. The third-order valence-electron chi connectivity index (χ3n) is 3.78. The smallest absolute Gasteiger partial charge is 0.0553 e. The molecule has 104 valence electrons. The van der Waals surface area contributed by atoms with Crippen molar-refractivity contribution in [1.82, 2.24) is 4.90 Å². The number of hydrogen-bond donors (Lipinski definition) is 1. The first-order chi connectivity index (χ1) is 9.29. The zero-order valence-corrected chi connectivity index (χ0v) is 11.9. The second-order valence-corrected chi connectivity index (χ2v) is 5.36. The lowest BCUT2D eigenvalue weighted by atomic mass is 10.0. The predicted octanol–water partition coefficient (Wildman–Crippen LogP) is 3.33. The van der Waals surface area contributed by atoms with Crippen molar-refractivity contribution < 1.29 is 5.11 Å². The number of nitrogens with zero attached hydrogens (tertiary/aromatic N) is 1. The molecule has 19 heavy (non-hydrogen) atoms. The second-order valence-electron chi connectivity index (χ2n) is 5.36. The molecule has 2 heteroatoms. The molecule has 1 aromatic carbocycles. The van der Waals surface area contributed by atoms with Crippen LogP contribution in [-0.4, -0.2) is 35.7 Å². The monoisotopic (exact) mass is 259 g/mol. The quantitative estimate of drug-likeness (QED) is 0.896. The van der Waals surface area contributed by atoms with Gasteiger partial charge in [-0.25, -0.2) is 0 Å². The van der Waals surface area contributed by atoms with E-state index in [0.717, 1.165) is 45.3 Å². The molecule has 1 saturated heterocycles. The Kier molecular flexibility index (Phi) is 5.62. The van der Waals surface area contributed by atoms with Gasteiger partial charge in [0.05, 0.1) is 6.10 Å². The number of likely N-dealkylation sites (tertiary alicyclic amines) is 1. The van der Waals surface area contributed by atoms with Gasteiger partial charge in [-0.05, 0) is 43.4 Å². The minimum absolute atomic E-state index is 0.0969. The minimum atomic E-state index is -0.0969. The van der Waals surface area contributed by atoms with Gasteiger partial charge in [0, 0.05) is 13.1 Å². The van der Waals surface area contributed by atoms with Crippen LogP contribution in [-0.2, 0) is 0 Å². The molecule has 1 aliphatic heterocycles. The summed E-state index contributed by atoms with van der Waals surface area (Å²) in [4.78, 5) is 2.48. The first-order valence-corrected chi connectivity index (χ1v) is 7.44. The van der Waals surface area contributed by atoms with Crippen molar-refractivity contribution in [3.8, 4) is 0 Å². The van der Waals surface area contributed by atoms with Crippen LogP contribution in [0.5, 0.6) is 0 Å². The number of benzene rings is 1. The largest absolute Gasteiger partial charge is 0.393 e. The van der Waals surface area contributed by atoms with E-state index in [4.69, 9.17) is 0 Å². The van der Waals surface area contributed by atoms with E-state index >= 15 is 0 Å². The highest BCUT2D eigenvalue weighted by atomic mass is 16.3. The van der Waals surface area contributed by atoms with E-state index in [1.54, 1.807) is 0 Å². The van der Waals surface area contributed by atoms with Crippen molar-refractivity contribution in [2.24, 2.45) is 0 Å². The number of aliphatic hydroxyl groups is 1. The highest BCUT2D eigenvalue weighted by Gasteiger charge is 2.16. The van der Waals surface area contributed by atoms with Crippen LogP contribution in [0.4, 0.5) is 0 Å². The van der Waals surface area contributed by atoms with Crippen LogP contribution in [0.3, 0.4) is 0 Å². The fourth-order valence-corrected chi connectivity index (χ4v) is 2.71. The molecule has 0 aromatic heterocycles. The number of rotatable bonds is 4. The van der Waals surface area contributed by atoms with Gasteiger partial charge < -0.3 is 5.11 Å². The van der Waals surface area contributed by atoms with Gasteiger partial charge in [0.25, 0.3) is 0 Å². The van der Waals surface area contributed by atoms with Gasteiger partial charge in [0.1, 0.15) is 0 Å². The Balaban J connectivity index is 2.03. The maximum Gasteiger partial charge on any atom is 0.0553 e. The van der Waals surface area contributed by atoms with E-state index in [-0.39, 0.29) is 6.10 Å². The van der Waals surface area contributed by atoms with Crippen LogP contribution >= 0.6 is 0 Å². The molecule has 0 amide bonds. The van der Waals surface area contributed by atoms with Crippen LogP contribution in [0.2, 0.25) is 0 Å². The molecule has 1 atom stereocenters. The Morgan fingerprint density at radius 3 is 2.79 bits per heavy atom. The van der Waals surface area contributed by atoms with Gasteiger partial charge in [0.2, 0.25) is 0 Å². The number of hydrogen-bond acceptors (Lipinski definition) is 2. The summed E-state index contributed by atoms with van der Waals surface area (Å²) in [5.74, 6) is 0. The molecule has 1 aliphatic rings. The molecule has 0 saturated carbocycles. The van der Waals surface area contributed by atoms with Crippen LogP contribution in [0, 0.1) is 0 Å². The summed E-state index contributed by atoms with van der Waals surface area (Å²) in [6.45, 7) is 5.31. The summed E-state index contributed by atoms with van der Waals surface area (Å²) in [5, 5.41) is 9.72. The van der Waals surface area contributed by atoms with Gasteiger partial charge in [-0.3, -0.25) is 4.90 Å². The molecule has 1 aromatic rings. The number of allylic oxidation sites excluding steroid dienone is 1. The SMILES string of the molecule is CC/C=C(/CN1CCCC(O)CC1)c1ccccc1. The zero-order chi connectivity index (χ0) is 13.5. The minimum Gasteiger partial charge on any atom is -0.393 e. The fourth-order valence-electron chi connectivity index (χ4n) is 2.71. The maximum absolute atomic E-state index is 9.72. The molecule has 0 aliphatic carbocycles.